The number of pyridine rings is 2. The first-order chi connectivity index (χ1) is 21.3. The second-order valence-electron chi connectivity index (χ2n) is 12.3. The molecule has 4 aromatic heterocycles. The number of rotatable bonds is 3. The van der Waals surface area contributed by atoms with E-state index in [1.807, 2.05) is 60.9 Å². The van der Waals surface area contributed by atoms with Crippen molar-refractivity contribution in [1.82, 2.24) is 9.97 Å². The maximum Gasteiger partial charge on any atom is 0 e. The van der Waals surface area contributed by atoms with Crippen molar-refractivity contribution in [1.29, 1.82) is 0 Å². The Hall–Kier alpha value is -4.03. The number of furan rings is 2. The topological polar surface area (TPSA) is 52.1 Å². The van der Waals surface area contributed by atoms with Gasteiger partial charge in [-0.15, -0.1) is 18.2 Å². The standard InChI is InChI=1S/C25H16NO2.C14H16GeN.Ir/c1-14-9-10-16-17-7-4-8-19(25(17)28-22(16)11-14)21-12-23-20(13-26-21)18-6-3-5-15(2)24(18)27-23;1-15(2,3)13-9-10-14(16-11-13)12-7-5-4-6-8-12;/h3-7,9-13H,1-2H3;4-7,9-11H,1-3H3;/q2*-1;. The Labute approximate surface area is 279 Å². The maximum absolute atomic E-state index is 6.21. The molecule has 0 bridgehead atoms. The van der Waals surface area contributed by atoms with Crippen LogP contribution in [0, 0.1) is 26.0 Å². The first-order valence-corrected chi connectivity index (χ1v) is 22.2. The van der Waals surface area contributed by atoms with Gasteiger partial charge in [-0.05, 0) is 42.8 Å². The summed E-state index contributed by atoms with van der Waals surface area (Å²) in [5.74, 6) is 7.14. The number of benzene rings is 4. The molecule has 0 atom stereocenters. The van der Waals surface area contributed by atoms with Gasteiger partial charge < -0.3 is 13.8 Å². The van der Waals surface area contributed by atoms with Crippen LogP contribution in [0.3, 0.4) is 0 Å². The molecule has 0 amide bonds. The molecule has 1 radical (unpaired) electrons. The minimum Gasteiger partial charge on any atom is 0 e. The van der Waals surface area contributed by atoms with E-state index < -0.39 is 13.3 Å². The van der Waals surface area contributed by atoms with Gasteiger partial charge >= 0.3 is 99.8 Å². The molecule has 0 aliphatic carbocycles. The van der Waals surface area contributed by atoms with E-state index in [1.165, 1.54) is 9.96 Å². The van der Waals surface area contributed by atoms with Gasteiger partial charge in [0.15, 0.2) is 0 Å². The van der Waals surface area contributed by atoms with Gasteiger partial charge in [0.25, 0.3) is 0 Å². The Morgan fingerprint density at radius 3 is 2.16 bits per heavy atom. The molecule has 8 rings (SSSR count). The van der Waals surface area contributed by atoms with Crippen molar-refractivity contribution in [2.24, 2.45) is 0 Å². The van der Waals surface area contributed by atoms with Crippen LogP contribution in [0.1, 0.15) is 11.1 Å². The monoisotopic (exact) mass is 827 g/mol. The molecule has 0 saturated carbocycles. The number of hydrogen-bond acceptors (Lipinski definition) is 4. The zero-order valence-electron chi connectivity index (χ0n) is 25.9. The third-order valence-corrected chi connectivity index (χ3v) is 12.3. The predicted octanol–water partition coefficient (Wildman–Crippen LogP) is 10.1. The van der Waals surface area contributed by atoms with Crippen LogP contribution in [-0.4, -0.2) is 23.2 Å². The van der Waals surface area contributed by atoms with Gasteiger partial charge in [0.05, 0.1) is 5.58 Å². The molecule has 0 N–H and O–H groups in total. The maximum atomic E-state index is 6.21. The summed E-state index contributed by atoms with van der Waals surface area (Å²) in [5, 5.41) is 4.30. The molecule has 225 valence electrons. The molecule has 0 aliphatic rings. The van der Waals surface area contributed by atoms with Crippen molar-refractivity contribution >= 4 is 61.5 Å². The largest absolute Gasteiger partial charge is 0 e. The van der Waals surface area contributed by atoms with Crippen molar-refractivity contribution in [2.45, 2.75) is 31.1 Å². The molecule has 0 aliphatic heterocycles. The zero-order chi connectivity index (χ0) is 30.4. The summed E-state index contributed by atoms with van der Waals surface area (Å²) in [6, 6.07) is 37.2. The number of para-hydroxylation sites is 1. The average Bonchev–Trinajstić information content (AvgIpc) is 3.60. The smallest absolute Gasteiger partial charge is 0 e. The Kier molecular flexibility index (Phi) is 8.54. The molecule has 4 aromatic carbocycles. The van der Waals surface area contributed by atoms with Gasteiger partial charge in [-0.25, -0.2) is 0 Å². The number of aryl methyl sites for hydroxylation is 2. The molecule has 0 fully saturated rings. The quantitative estimate of drug-likeness (QED) is 0.132. The van der Waals surface area contributed by atoms with Crippen LogP contribution in [0.4, 0.5) is 0 Å². The number of nitrogens with zero attached hydrogens (tertiary/aromatic N) is 2. The van der Waals surface area contributed by atoms with Crippen molar-refractivity contribution < 1.29 is 28.9 Å². The third-order valence-electron chi connectivity index (χ3n) is 8.04. The first-order valence-electron chi connectivity index (χ1n) is 14.8. The van der Waals surface area contributed by atoms with Crippen molar-refractivity contribution in [3.63, 3.8) is 0 Å². The summed E-state index contributed by atoms with van der Waals surface area (Å²) >= 11 is -1.72. The predicted molar refractivity (Wildman–Crippen MR) is 184 cm³/mol. The van der Waals surface area contributed by atoms with E-state index in [4.69, 9.17) is 13.8 Å². The molecule has 0 saturated heterocycles. The fourth-order valence-electron chi connectivity index (χ4n) is 5.56. The minimum absolute atomic E-state index is 0. The zero-order valence-corrected chi connectivity index (χ0v) is 30.4. The van der Waals surface area contributed by atoms with Crippen LogP contribution in [0.25, 0.3) is 66.4 Å². The van der Waals surface area contributed by atoms with E-state index in [2.05, 4.69) is 90.7 Å². The van der Waals surface area contributed by atoms with Crippen LogP contribution >= 0.6 is 0 Å². The Morgan fingerprint density at radius 1 is 0.622 bits per heavy atom. The van der Waals surface area contributed by atoms with Gasteiger partial charge in [-0.2, -0.15) is 0 Å². The summed E-state index contributed by atoms with van der Waals surface area (Å²) in [6.45, 7) is 4.13. The van der Waals surface area contributed by atoms with Crippen molar-refractivity contribution in [2.75, 3.05) is 0 Å². The van der Waals surface area contributed by atoms with Gasteiger partial charge in [-0.3, -0.25) is 0 Å². The second kappa shape index (κ2) is 12.4. The summed E-state index contributed by atoms with van der Waals surface area (Å²) in [5.41, 5.74) is 9.45. The fraction of sp³-hybridized carbons (Fsp3) is 0.128. The van der Waals surface area contributed by atoms with E-state index >= 15 is 0 Å². The minimum atomic E-state index is -1.72. The van der Waals surface area contributed by atoms with Gasteiger partial charge in [0, 0.05) is 42.5 Å². The van der Waals surface area contributed by atoms with Gasteiger partial charge in [0.1, 0.15) is 16.7 Å². The van der Waals surface area contributed by atoms with Crippen LogP contribution in [0.15, 0.2) is 112 Å². The molecule has 4 heterocycles. The molecule has 0 unspecified atom stereocenters. The summed E-state index contributed by atoms with van der Waals surface area (Å²) in [6.07, 6.45) is 3.92. The van der Waals surface area contributed by atoms with Crippen molar-refractivity contribution in [3.05, 3.63) is 127 Å². The fourth-order valence-corrected chi connectivity index (χ4v) is 7.73. The molecule has 6 heteroatoms. The Balaban J connectivity index is 0.000000181. The molecular formula is C39H32GeIrN2O2-2. The molecule has 4 nitrogen and oxygen atoms in total. The summed E-state index contributed by atoms with van der Waals surface area (Å²) < 4.78 is 13.8. The number of hydrogen-bond donors (Lipinski definition) is 0. The van der Waals surface area contributed by atoms with Gasteiger partial charge in [-0.1, -0.05) is 41.3 Å². The van der Waals surface area contributed by atoms with Gasteiger partial charge in [0.2, 0.25) is 0 Å². The Morgan fingerprint density at radius 2 is 1.40 bits per heavy atom. The van der Waals surface area contributed by atoms with E-state index in [-0.39, 0.29) is 20.1 Å². The molecule has 8 aromatic rings. The second-order valence-corrected chi connectivity index (χ2v) is 22.9. The van der Waals surface area contributed by atoms with E-state index in [9.17, 15) is 0 Å². The molecular weight excluding hydrogens is 793 g/mol. The van der Waals surface area contributed by atoms with Crippen molar-refractivity contribution in [3.8, 4) is 22.5 Å². The van der Waals surface area contributed by atoms with Crippen LogP contribution in [0.5, 0.6) is 0 Å². The first kappa shape index (κ1) is 31.0. The van der Waals surface area contributed by atoms with Crippen LogP contribution in [0.2, 0.25) is 17.3 Å². The average molecular weight is 826 g/mol. The summed E-state index contributed by atoms with van der Waals surface area (Å²) in [7, 11) is 0. The normalized spacial score (nSPS) is 11.5. The SMILES string of the molecule is Cc1ccc2c(c1)oc1c(-c3cc4oc5c(C)cccc5c4cn3)[c-]ccc12.[CH3][Ge]([CH3])([CH3])[c]1ccc(-c2[c-]cccc2)nc1.[Ir]. The summed E-state index contributed by atoms with van der Waals surface area (Å²) in [4.78, 5) is 9.25. The third kappa shape index (κ3) is 6.00. The van der Waals surface area contributed by atoms with Crippen LogP contribution in [-0.2, 0) is 20.1 Å². The Bertz CT molecular complexity index is 2280. The van der Waals surface area contributed by atoms with Crippen LogP contribution < -0.4 is 4.40 Å². The van der Waals surface area contributed by atoms with E-state index in [0.717, 1.165) is 72.0 Å². The molecule has 45 heavy (non-hydrogen) atoms. The number of aromatic nitrogens is 2. The van der Waals surface area contributed by atoms with E-state index in [1.54, 1.807) is 0 Å². The van der Waals surface area contributed by atoms with E-state index in [0.29, 0.717) is 0 Å². The number of fused-ring (bicyclic) bond motifs is 6. The molecule has 0 spiro atoms.